The lowest BCUT2D eigenvalue weighted by molar-refractivity contribution is -0.0566. The highest BCUT2D eigenvalue weighted by molar-refractivity contribution is 5.96. The molecule has 0 bridgehead atoms. The molecule has 1 aliphatic heterocycles. The van der Waals surface area contributed by atoms with Crippen LogP contribution < -0.4 is 11.3 Å². The number of H-pyrrole nitrogens is 1. The Labute approximate surface area is 273 Å². The van der Waals surface area contributed by atoms with Crippen molar-refractivity contribution in [3.63, 3.8) is 0 Å². The minimum Gasteiger partial charge on any atom is -0.392 e. The zero-order chi connectivity index (χ0) is 33.2. The molecule has 3 aromatic heterocycles. The van der Waals surface area contributed by atoms with E-state index in [9.17, 15) is 18.7 Å². The molecule has 1 saturated carbocycles. The summed E-state index contributed by atoms with van der Waals surface area (Å²) in [5, 5.41) is 11.9. The van der Waals surface area contributed by atoms with Crippen LogP contribution in [0, 0.1) is 5.82 Å². The fraction of sp³-hybridized carbons (Fsp3) is 0.270. The van der Waals surface area contributed by atoms with Crippen LogP contribution in [0.15, 0.2) is 77.7 Å². The first-order valence-electron chi connectivity index (χ1n) is 16.1. The average molecular weight is 651 g/mol. The van der Waals surface area contributed by atoms with Crippen LogP contribution in [0.3, 0.4) is 0 Å². The minimum absolute atomic E-state index is 0.00337. The molecule has 11 heteroatoms. The number of rotatable bonds is 7. The molecule has 0 atom stereocenters. The maximum Gasteiger partial charge on any atom is 0.265 e. The van der Waals surface area contributed by atoms with Crippen molar-refractivity contribution in [1.82, 2.24) is 24.4 Å². The number of alkyl halides is 2. The van der Waals surface area contributed by atoms with Crippen LogP contribution in [0.4, 0.5) is 19.1 Å². The minimum atomic E-state index is -2.58. The van der Waals surface area contributed by atoms with Crippen LogP contribution >= 0.6 is 0 Å². The molecule has 8 nitrogen and oxygen atoms in total. The SMILES string of the molecule is Nc1nc(-c2cccc(-n3ccc4cc(C5CC5)cc(F)c4c3=O)c2CO)c2cc(-c3ccc(CN4CCC(F)(F)CC4)cc3)[nH]c2n1. The third-order valence-electron chi connectivity index (χ3n) is 9.62. The summed E-state index contributed by atoms with van der Waals surface area (Å²) < 4.78 is 43.8. The number of benzene rings is 3. The van der Waals surface area contributed by atoms with Gasteiger partial charge in [-0.1, -0.05) is 42.5 Å². The molecule has 0 amide bonds. The van der Waals surface area contributed by atoms with Crippen LogP contribution in [0.25, 0.3) is 50.0 Å². The monoisotopic (exact) mass is 650 g/mol. The number of nitrogen functional groups attached to an aromatic ring is 1. The molecular weight excluding hydrogens is 617 g/mol. The summed E-state index contributed by atoms with van der Waals surface area (Å²) in [6.07, 6.45) is 3.42. The largest absolute Gasteiger partial charge is 0.392 e. The summed E-state index contributed by atoms with van der Waals surface area (Å²) in [5.41, 5.74) is 11.6. The molecule has 1 saturated heterocycles. The Morgan fingerprint density at radius 1 is 1.00 bits per heavy atom. The quantitative estimate of drug-likeness (QED) is 0.173. The Morgan fingerprint density at radius 3 is 2.50 bits per heavy atom. The standard InChI is InChI=1S/C37H33F3N6O2/c38-29-17-25(22-8-9-22)16-24-10-13-46(35(48)32(24)29)31-3-1-2-26(28(31)20-47)33-27-18-30(42-34(27)44-36(41)43-33)23-6-4-21(5-7-23)19-45-14-11-37(39,40)12-15-45/h1-7,10,13,16-18,22,47H,8-9,11-12,14-15,19-20H2,(H3,41,42,43,44). The number of nitrogens with two attached hydrogens (primary N) is 1. The van der Waals surface area contributed by atoms with Gasteiger partial charge in [0.1, 0.15) is 11.5 Å². The summed E-state index contributed by atoms with van der Waals surface area (Å²) in [4.78, 5) is 28.1. The van der Waals surface area contributed by atoms with Gasteiger partial charge in [-0.15, -0.1) is 0 Å². The number of likely N-dealkylation sites (tertiary alicyclic amines) is 1. The number of nitrogens with one attached hydrogen (secondary N) is 1. The molecule has 6 aromatic rings. The summed E-state index contributed by atoms with van der Waals surface area (Å²) >= 11 is 0. The second-order valence-corrected chi connectivity index (χ2v) is 12.9. The lowest BCUT2D eigenvalue weighted by Gasteiger charge is -2.31. The van der Waals surface area contributed by atoms with Crippen LogP contribution in [-0.4, -0.2) is 48.5 Å². The first kappa shape index (κ1) is 30.3. The zero-order valence-electron chi connectivity index (χ0n) is 26.0. The van der Waals surface area contributed by atoms with Crippen molar-refractivity contribution in [1.29, 1.82) is 0 Å². The van der Waals surface area contributed by atoms with E-state index in [0.29, 0.717) is 64.5 Å². The maximum absolute atomic E-state index is 15.3. The highest BCUT2D eigenvalue weighted by atomic mass is 19.3. The van der Waals surface area contributed by atoms with Gasteiger partial charge in [0.25, 0.3) is 11.5 Å². The lowest BCUT2D eigenvalue weighted by atomic mass is 9.99. The lowest BCUT2D eigenvalue weighted by Crippen LogP contribution is -2.38. The summed E-state index contributed by atoms with van der Waals surface area (Å²) in [6, 6.07) is 20.2. The fourth-order valence-corrected chi connectivity index (χ4v) is 6.85. The normalized spacial score (nSPS) is 16.6. The molecule has 1 aliphatic carbocycles. The van der Waals surface area contributed by atoms with Crippen molar-refractivity contribution >= 4 is 27.8 Å². The van der Waals surface area contributed by atoms with Crippen molar-refractivity contribution in [2.45, 2.75) is 50.7 Å². The number of anilines is 1. The summed E-state index contributed by atoms with van der Waals surface area (Å²) in [6.45, 7) is 0.913. The summed E-state index contributed by atoms with van der Waals surface area (Å²) in [7, 11) is 0. The van der Waals surface area contributed by atoms with Gasteiger partial charge in [0, 0.05) is 60.9 Å². The van der Waals surface area contributed by atoms with Gasteiger partial charge in [-0.3, -0.25) is 14.3 Å². The Hall–Kier alpha value is -5.00. The Bertz CT molecular complexity index is 2250. The number of aromatic amines is 1. The molecular formula is C37H33F3N6O2. The highest BCUT2D eigenvalue weighted by Gasteiger charge is 2.33. The fourth-order valence-electron chi connectivity index (χ4n) is 6.85. The van der Waals surface area contributed by atoms with Crippen molar-refractivity contribution in [3.8, 4) is 28.2 Å². The number of piperidine rings is 1. The number of pyridine rings is 1. The van der Waals surface area contributed by atoms with Gasteiger partial charge in [-0.2, -0.15) is 4.98 Å². The predicted octanol–water partition coefficient (Wildman–Crippen LogP) is 6.92. The number of halogens is 3. The van der Waals surface area contributed by atoms with Crippen LogP contribution in [0.1, 0.15) is 48.3 Å². The van der Waals surface area contributed by atoms with E-state index in [1.807, 2.05) is 41.3 Å². The van der Waals surface area contributed by atoms with Gasteiger partial charge in [-0.05, 0) is 65.1 Å². The number of hydrogen-bond donors (Lipinski definition) is 3. The average Bonchev–Trinajstić information content (AvgIpc) is 3.84. The molecule has 2 aliphatic rings. The molecule has 0 radical (unpaired) electrons. The molecule has 48 heavy (non-hydrogen) atoms. The molecule has 4 heterocycles. The highest BCUT2D eigenvalue weighted by Crippen LogP contribution is 2.41. The Morgan fingerprint density at radius 2 is 1.77 bits per heavy atom. The number of fused-ring (bicyclic) bond motifs is 2. The van der Waals surface area contributed by atoms with Gasteiger partial charge >= 0.3 is 0 Å². The van der Waals surface area contributed by atoms with Gasteiger partial charge in [0.2, 0.25) is 5.95 Å². The van der Waals surface area contributed by atoms with Gasteiger partial charge in [0.15, 0.2) is 0 Å². The smallest absolute Gasteiger partial charge is 0.265 e. The van der Waals surface area contributed by atoms with E-state index < -0.39 is 23.9 Å². The van der Waals surface area contributed by atoms with Crippen molar-refractivity contribution < 1.29 is 18.3 Å². The second-order valence-electron chi connectivity index (χ2n) is 12.9. The van der Waals surface area contributed by atoms with Crippen molar-refractivity contribution in [2.24, 2.45) is 0 Å². The van der Waals surface area contributed by atoms with Crippen LogP contribution in [0.2, 0.25) is 0 Å². The van der Waals surface area contributed by atoms with E-state index in [2.05, 4.69) is 15.0 Å². The third-order valence-corrected chi connectivity index (χ3v) is 9.62. The predicted molar refractivity (Wildman–Crippen MR) is 180 cm³/mol. The van der Waals surface area contributed by atoms with E-state index in [-0.39, 0.29) is 24.2 Å². The topological polar surface area (TPSA) is 113 Å². The van der Waals surface area contributed by atoms with E-state index >= 15 is 4.39 Å². The van der Waals surface area contributed by atoms with E-state index in [0.717, 1.165) is 35.2 Å². The van der Waals surface area contributed by atoms with E-state index in [1.165, 1.54) is 10.6 Å². The first-order chi connectivity index (χ1) is 23.2. The number of aliphatic hydroxyl groups excluding tert-OH is 1. The van der Waals surface area contributed by atoms with Crippen LogP contribution in [0.5, 0.6) is 0 Å². The zero-order valence-corrected chi connectivity index (χ0v) is 26.0. The number of nitrogens with zero attached hydrogens (tertiary/aromatic N) is 4. The first-order valence-corrected chi connectivity index (χ1v) is 16.1. The molecule has 3 aromatic carbocycles. The number of aliphatic hydroxyl groups is 1. The Balaban J connectivity index is 1.15. The number of hydrogen-bond acceptors (Lipinski definition) is 6. The Kier molecular flexibility index (Phi) is 7.34. The van der Waals surface area contributed by atoms with Crippen molar-refractivity contribution in [3.05, 3.63) is 106 Å². The molecule has 2 fully saturated rings. The van der Waals surface area contributed by atoms with Crippen molar-refractivity contribution in [2.75, 3.05) is 18.8 Å². The van der Waals surface area contributed by atoms with E-state index in [1.54, 1.807) is 30.5 Å². The second kappa shape index (κ2) is 11.6. The van der Waals surface area contributed by atoms with E-state index in [4.69, 9.17) is 5.73 Å². The molecule has 0 unspecified atom stereocenters. The van der Waals surface area contributed by atoms with Gasteiger partial charge < -0.3 is 15.8 Å². The molecule has 244 valence electrons. The number of aromatic nitrogens is 4. The third kappa shape index (κ3) is 5.52. The molecule has 0 spiro atoms. The molecule has 8 rings (SSSR count). The van der Waals surface area contributed by atoms with Crippen LogP contribution in [-0.2, 0) is 13.2 Å². The maximum atomic E-state index is 15.3. The molecule has 4 N–H and O–H groups in total. The van der Waals surface area contributed by atoms with Gasteiger partial charge in [-0.25, -0.2) is 18.2 Å². The summed E-state index contributed by atoms with van der Waals surface area (Å²) in [5.74, 6) is -2.75. The van der Waals surface area contributed by atoms with Gasteiger partial charge in [0.05, 0.1) is 23.4 Å².